The second-order valence-corrected chi connectivity index (χ2v) is 11.2. The topological polar surface area (TPSA) is 103 Å². The SMILES string of the molecule is COc1cc(OC)c(Cl)c(N2Cc3cnc(Nc4ccccc4)nc3N(C3CCN(C(=O)C=CCN(C)C)C3)C2=O)c1Cl. The van der Waals surface area contributed by atoms with E-state index in [1.165, 1.54) is 19.1 Å². The number of para-hydroxylation sites is 1. The molecule has 3 heterocycles. The van der Waals surface area contributed by atoms with E-state index in [0.717, 1.165) is 5.69 Å². The van der Waals surface area contributed by atoms with E-state index in [2.05, 4.69) is 10.3 Å². The Morgan fingerprint density at radius 1 is 1.14 bits per heavy atom. The highest BCUT2D eigenvalue weighted by molar-refractivity contribution is 6.42. The van der Waals surface area contributed by atoms with Gasteiger partial charge in [0.1, 0.15) is 27.4 Å². The molecule has 3 aromatic rings. The molecule has 2 aromatic carbocycles. The van der Waals surface area contributed by atoms with Crippen LogP contribution in [0.1, 0.15) is 12.0 Å². The van der Waals surface area contributed by atoms with Crippen molar-refractivity contribution in [2.45, 2.75) is 19.0 Å². The zero-order valence-electron chi connectivity index (χ0n) is 24.4. The number of aromatic nitrogens is 2. The molecule has 0 radical (unpaired) electrons. The maximum atomic E-state index is 14.4. The Hall–Kier alpha value is -4.06. The summed E-state index contributed by atoms with van der Waals surface area (Å²) in [5.41, 5.74) is 1.74. The van der Waals surface area contributed by atoms with Crippen LogP contribution in [-0.4, -0.2) is 85.7 Å². The number of halogens is 2. The normalized spacial score (nSPS) is 16.7. The molecule has 2 aliphatic rings. The molecule has 0 aliphatic carbocycles. The number of nitrogens with zero attached hydrogens (tertiary/aromatic N) is 6. The van der Waals surface area contributed by atoms with Crippen LogP contribution in [0.2, 0.25) is 10.0 Å². The van der Waals surface area contributed by atoms with Gasteiger partial charge in [-0.2, -0.15) is 4.98 Å². The molecule has 0 bridgehead atoms. The van der Waals surface area contributed by atoms with E-state index in [0.29, 0.717) is 54.9 Å². The number of fused-ring (bicyclic) bond motifs is 1. The molecule has 2 aliphatic heterocycles. The predicted molar refractivity (Wildman–Crippen MR) is 168 cm³/mol. The minimum atomic E-state index is -0.390. The summed E-state index contributed by atoms with van der Waals surface area (Å²) >= 11 is 13.5. The predicted octanol–water partition coefficient (Wildman–Crippen LogP) is 5.21. The zero-order valence-corrected chi connectivity index (χ0v) is 25.9. The lowest BCUT2D eigenvalue weighted by atomic mass is 10.1. The van der Waals surface area contributed by atoms with Crippen molar-refractivity contribution in [1.29, 1.82) is 0 Å². The van der Waals surface area contributed by atoms with Gasteiger partial charge in [0.05, 0.1) is 32.5 Å². The second kappa shape index (κ2) is 13.1. The lowest BCUT2D eigenvalue weighted by Gasteiger charge is -2.39. The molecule has 1 saturated heterocycles. The molecule has 1 N–H and O–H groups in total. The first-order valence-electron chi connectivity index (χ1n) is 13.7. The first-order valence-corrected chi connectivity index (χ1v) is 14.5. The number of benzene rings is 2. The van der Waals surface area contributed by atoms with Gasteiger partial charge < -0.3 is 24.6 Å². The van der Waals surface area contributed by atoms with Crippen LogP contribution in [0.25, 0.3) is 0 Å². The van der Waals surface area contributed by atoms with E-state index in [1.807, 2.05) is 55.4 Å². The largest absolute Gasteiger partial charge is 0.495 e. The van der Waals surface area contributed by atoms with Gasteiger partial charge in [-0.1, -0.05) is 47.5 Å². The molecule has 1 unspecified atom stereocenters. The van der Waals surface area contributed by atoms with Crippen LogP contribution < -0.4 is 24.6 Å². The van der Waals surface area contributed by atoms with Crippen molar-refractivity contribution in [3.8, 4) is 11.5 Å². The van der Waals surface area contributed by atoms with Crippen LogP contribution in [0.3, 0.4) is 0 Å². The fourth-order valence-corrected chi connectivity index (χ4v) is 5.83. The van der Waals surface area contributed by atoms with Crippen LogP contribution in [0.5, 0.6) is 11.5 Å². The third-order valence-corrected chi connectivity index (χ3v) is 7.99. The molecule has 1 aromatic heterocycles. The van der Waals surface area contributed by atoms with Gasteiger partial charge in [-0.15, -0.1) is 0 Å². The lowest BCUT2D eigenvalue weighted by molar-refractivity contribution is -0.125. The number of carbonyl (C=O) groups is 2. The van der Waals surface area contributed by atoms with Gasteiger partial charge in [0.2, 0.25) is 11.9 Å². The quantitative estimate of drug-likeness (QED) is 0.323. The average molecular weight is 627 g/mol. The van der Waals surface area contributed by atoms with Gasteiger partial charge in [0.15, 0.2) is 0 Å². The highest BCUT2D eigenvalue weighted by Gasteiger charge is 2.42. The Bertz CT molecular complexity index is 1510. The van der Waals surface area contributed by atoms with E-state index in [-0.39, 0.29) is 34.2 Å². The first-order chi connectivity index (χ1) is 20.7. The van der Waals surface area contributed by atoms with Crippen molar-refractivity contribution in [2.24, 2.45) is 0 Å². The van der Waals surface area contributed by atoms with Crippen LogP contribution in [0.15, 0.2) is 54.7 Å². The number of rotatable bonds is 9. The highest BCUT2D eigenvalue weighted by Crippen LogP contribution is 2.48. The van der Waals surface area contributed by atoms with Crippen molar-refractivity contribution in [3.63, 3.8) is 0 Å². The lowest BCUT2D eigenvalue weighted by Crippen LogP contribution is -2.53. The molecule has 5 rings (SSSR count). The molecule has 13 heteroatoms. The van der Waals surface area contributed by atoms with Crippen LogP contribution >= 0.6 is 23.2 Å². The van der Waals surface area contributed by atoms with E-state index in [9.17, 15) is 9.59 Å². The van der Waals surface area contributed by atoms with Crippen molar-refractivity contribution < 1.29 is 19.1 Å². The molecule has 1 fully saturated rings. The first kappa shape index (κ1) is 30.4. The summed E-state index contributed by atoms with van der Waals surface area (Å²) in [5.74, 6) is 1.31. The zero-order chi connectivity index (χ0) is 30.7. The van der Waals surface area contributed by atoms with Crippen molar-refractivity contribution >= 4 is 58.3 Å². The number of urea groups is 1. The fourth-order valence-electron chi connectivity index (χ4n) is 5.12. The van der Waals surface area contributed by atoms with Gasteiger partial charge in [-0.3, -0.25) is 14.6 Å². The molecule has 1 atom stereocenters. The van der Waals surface area contributed by atoms with E-state index in [4.69, 9.17) is 37.7 Å². The summed E-state index contributed by atoms with van der Waals surface area (Å²) in [6, 6.07) is 10.4. The third-order valence-electron chi connectivity index (χ3n) is 7.26. The number of nitrogens with one attached hydrogen (secondary N) is 1. The van der Waals surface area contributed by atoms with Crippen molar-refractivity contribution in [1.82, 2.24) is 19.8 Å². The summed E-state index contributed by atoms with van der Waals surface area (Å²) in [7, 11) is 6.82. The summed E-state index contributed by atoms with van der Waals surface area (Å²) in [4.78, 5) is 43.5. The Morgan fingerprint density at radius 2 is 1.84 bits per heavy atom. The number of ether oxygens (including phenoxy) is 2. The monoisotopic (exact) mass is 625 g/mol. The minimum Gasteiger partial charge on any atom is -0.495 e. The number of likely N-dealkylation sites (N-methyl/N-ethyl adjacent to an activating group) is 1. The number of likely N-dealkylation sites (tertiary alicyclic amines) is 1. The highest BCUT2D eigenvalue weighted by atomic mass is 35.5. The second-order valence-electron chi connectivity index (χ2n) is 10.4. The number of hydrogen-bond acceptors (Lipinski definition) is 8. The summed E-state index contributed by atoms with van der Waals surface area (Å²) < 4.78 is 10.9. The average Bonchev–Trinajstić information content (AvgIpc) is 3.48. The molecular formula is C30H33Cl2N7O4. The molecular weight excluding hydrogens is 593 g/mol. The number of carbonyl (C=O) groups excluding carboxylic acids is 2. The summed E-state index contributed by atoms with van der Waals surface area (Å²) in [5, 5.41) is 3.54. The number of methoxy groups -OCH3 is 2. The Balaban J connectivity index is 1.54. The molecule has 226 valence electrons. The summed E-state index contributed by atoms with van der Waals surface area (Å²) in [6.45, 7) is 1.58. The van der Waals surface area contributed by atoms with Crippen LogP contribution in [0.4, 0.5) is 27.9 Å². The van der Waals surface area contributed by atoms with Gasteiger partial charge in [0.25, 0.3) is 0 Å². The fraction of sp³-hybridized carbons (Fsp3) is 0.333. The van der Waals surface area contributed by atoms with Crippen molar-refractivity contribution in [2.75, 3.05) is 63.1 Å². The minimum absolute atomic E-state index is 0.106. The molecule has 43 heavy (non-hydrogen) atoms. The Kier molecular flexibility index (Phi) is 9.24. The number of amides is 3. The standard InChI is InChI=1S/C30H33Cl2N7O4/c1-36(2)13-8-11-24(40)37-14-12-21(18-37)39-28-19(16-33-29(35-28)34-20-9-6-5-7-10-20)17-38(30(39)41)27-25(31)22(42-3)15-23(43-4)26(27)32/h5-11,15-16,21H,12-14,17-18H2,1-4H3,(H,33,34,35). The van der Waals surface area contributed by atoms with Crippen molar-refractivity contribution in [3.05, 3.63) is 70.4 Å². The van der Waals surface area contributed by atoms with E-state index < -0.39 is 6.03 Å². The van der Waals surface area contributed by atoms with Gasteiger partial charge in [-0.05, 0) is 32.6 Å². The molecule has 0 spiro atoms. The maximum absolute atomic E-state index is 14.4. The van der Waals surface area contributed by atoms with Crippen LogP contribution in [-0.2, 0) is 11.3 Å². The van der Waals surface area contributed by atoms with Crippen LogP contribution in [0, 0.1) is 0 Å². The van der Waals surface area contributed by atoms with Gasteiger partial charge >= 0.3 is 6.03 Å². The summed E-state index contributed by atoms with van der Waals surface area (Å²) in [6.07, 6.45) is 5.64. The Labute approximate surface area is 260 Å². The molecule has 11 nitrogen and oxygen atoms in total. The number of hydrogen-bond donors (Lipinski definition) is 1. The van der Waals surface area contributed by atoms with E-state index >= 15 is 0 Å². The Morgan fingerprint density at radius 3 is 2.49 bits per heavy atom. The third kappa shape index (κ3) is 6.34. The van der Waals surface area contributed by atoms with Gasteiger partial charge in [-0.25, -0.2) is 9.78 Å². The maximum Gasteiger partial charge on any atom is 0.330 e. The smallest absolute Gasteiger partial charge is 0.330 e. The molecule has 0 saturated carbocycles. The van der Waals surface area contributed by atoms with E-state index in [1.54, 1.807) is 28.1 Å². The molecule has 3 amide bonds. The number of anilines is 4. The van der Waals surface area contributed by atoms with Gasteiger partial charge in [0, 0.05) is 49.2 Å².